The molecular formula is C100H201F21. The zero-order chi connectivity index (χ0) is 101. The predicted molar refractivity (Wildman–Crippen MR) is 486 cm³/mol. The quantitative estimate of drug-likeness (QED) is 0.0719. The summed E-state index contributed by atoms with van der Waals surface area (Å²) in [5, 5.41) is 0. The molecule has 0 unspecified atom stereocenters. The van der Waals surface area contributed by atoms with Gasteiger partial charge in [-0.15, -0.1) is 0 Å². The summed E-state index contributed by atoms with van der Waals surface area (Å²) in [5.41, 5.74) is -8.81. The topological polar surface area (TPSA) is 0 Å². The van der Waals surface area contributed by atoms with Gasteiger partial charge < -0.3 is 0 Å². The molecule has 0 bridgehead atoms. The fraction of sp³-hybridized carbons (Fsp3) is 1.00. The average Bonchev–Trinajstić information content (AvgIpc) is 0.765. The van der Waals surface area contributed by atoms with Crippen molar-refractivity contribution in [1.29, 1.82) is 0 Å². The molecular weight excluding hydrogens is 1600 g/mol. The van der Waals surface area contributed by atoms with Crippen molar-refractivity contribution >= 4 is 0 Å². The van der Waals surface area contributed by atoms with E-state index in [4.69, 9.17) is 0 Å². The fourth-order valence-corrected chi connectivity index (χ4v) is 15.6. The van der Waals surface area contributed by atoms with Crippen LogP contribution in [0.5, 0.6) is 0 Å². The van der Waals surface area contributed by atoms with Crippen LogP contribution < -0.4 is 0 Å². The maximum atomic E-state index is 13.1. The van der Waals surface area contributed by atoms with E-state index in [2.05, 4.69) is 138 Å². The van der Waals surface area contributed by atoms with E-state index in [0.717, 1.165) is 11.8 Å². The Morgan fingerprint density at radius 3 is 0.496 bits per heavy atom. The van der Waals surface area contributed by atoms with Gasteiger partial charge in [0.15, 0.2) is 0 Å². The van der Waals surface area contributed by atoms with Crippen molar-refractivity contribution in [2.75, 3.05) is 0 Å². The number of hydrogen-bond donors (Lipinski definition) is 0. The first-order valence-corrected chi connectivity index (χ1v) is 46.5. The molecule has 0 saturated carbocycles. The van der Waals surface area contributed by atoms with Gasteiger partial charge in [0, 0.05) is 0 Å². The highest BCUT2D eigenvalue weighted by molar-refractivity contribution is 4.96. The Kier molecular flexibility index (Phi) is 68.7. The molecule has 21 heteroatoms. The summed E-state index contributed by atoms with van der Waals surface area (Å²) in [6.07, 6.45) is -16.5. The average molecular weight is 1800 g/mol. The minimum atomic E-state index is -4.12. The molecule has 0 aliphatic heterocycles. The second-order valence-electron chi connectivity index (χ2n) is 43.3. The largest absolute Gasteiger partial charge is 0.394 e. The van der Waals surface area contributed by atoms with Gasteiger partial charge in [-0.1, -0.05) is 404 Å². The van der Waals surface area contributed by atoms with Gasteiger partial charge >= 0.3 is 43.2 Å². The van der Waals surface area contributed by atoms with Crippen LogP contribution in [0, 0.1) is 130 Å². The Morgan fingerprint density at radius 2 is 0.455 bits per heavy atom. The molecule has 0 heterocycles. The highest BCUT2D eigenvalue weighted by Gasteiger charge is 2.60. The van der Waals surface area contributed by atoms with Crippen molar-refractivity contribution in [1.82, 2.24) is 0 Å². The Labute approximate surface area is 736 Å². The molecule has 0 radical (unpaired) electrons. The SMILES string of the molecule is CC(C)C(C(C)C)C(C)(C)C(F)(F)F.CC(C)C(C)(C)C.CCC(C)(CC)C(C)(C)C.CCC(C)(CC)C(F)(F)F.CCC(C)(CC)[C@](C)(CC)C(F)(F)F.CCC(CC)C(C)(C)C.CCC(CC)[C@](C)(CC)C(F)(F)F.CCCC(C)(C)C.CCC[C@](C)(CC)C(F)(F)F.CC[C@@](C)(C(C(C)C)C(C)C)C(F)(F)F.CC[C@@](C)(C(C)C)C(F)(F)F. The fourth-order valence-electron chi connectivity index (χ4n) is 15.6. The summed E-state index contributed by atoms with van der Waals surface area (Å²) in [5.74, 6) is 0.645. The van der Waals surface area contributed by atoms with Crippen molar-refractivity contribution in [2.24, 2.45) is 130 Å². The summed E-state index contributed by atoms with van der Waals surface area (Å²) in [4.78, 5) is 0. The lowest BCUT2D eigenvalue weighted by Gasteiger charge is -2.46. The molecule has 0 aliphatic rings. The molecule has 0 nitrogen and oxygen atoms in total. The van der Waals surface area contributed by atoms with E-state index in [0.29, 0.717) is 59.2 Å². The molecule has 0 aromatic rings. The maximum absolute atomic E-state index is 13.1. The van der Waals surface area contributed by atoms with Crippen LogP contribution in [0.3, 0.4) is 0 Å². The minimum Gasteiger partial charge on any atom is -0.171 e. The normalized spacial score (nSPS) is 15.8. The van der Waals surface area contributed by atoms with Crippen LogP contribution in [0.1, 0.15) is 475 Å². The molecule has 748 valence electrons. The summed E-state index contributed by atoms with van der Waals surface area (Å²) in [6, 6.07) is 0. The standard InChI is InChI=1S/C12H23F3.2C11H21F3.C10H19F3.C10H22.C9H20.2C8H15F3.C7H13F3.2C7H16/c1-7-11(6,12(13,14)15)10(8(2)3)9(4)5;1-7(2)9(8(3)4)10(5,6)11(12,13)14;1-6-9(4,7-2)10(5,8-3)11(12,13)14;1-5-8(6-2)9(4,7-3)10(11,12)13;1-7-10(6,8-2)9(3,4)5;1-6-8(7-2)9(3,4)5;1-5-7(4,6(2)3)8(9,10)11;1-4-6-7(3,5-2)8(9,10)11;1-4-6(3,5-2)7(8,9)10;1-6(2)7(3,4)5;1-5-6-7(2,3)4/h8-10H,7H2,1-6H3;7-9H,1-6H3;6-8H2,1-5H3;8H,5-7H2,1-4H3;7-8H2,1-6H3;8H,6-7H2,1-5H3;6H,5H2,1-4H3;4-6H2,1-3H3;4-5H2,1-3H3;6H,1-5H3;5-6H2,1-4H3/t11-;;10-;9-;;;2*7-;;;/m0.00..00.../s1. The number of hydrogen-bond acceptors (Lipinski definition) is 0. The third-order valence-electron chi connectivity index (χ3n) is 29.5. The molecule has 0 saturated heterocycles. The monoisotopic (exact) mass is 1800 g/mol. The predicted octanol–water partition coefficient (Wildman–Crippen LogP) is 42.2. The van der Waals surface area contributed by atoms with Crippen molar-refractivity contribution in [3.63, 3.8) is 0 Å². The van der Waals surface area contributed by atoms with Gasteiger partial charge in [-0.25, -0.2) is 0 Å². The highest BCUT2D eigenvalue weighted by atomic mass is 19.4. The third-order valence-corrected chi connectivity index (χ3v) is 29.5. The second-order valence-corrected chi connectivity index (χ2v) is 43.3. The summed E-state index contributed by atoms with van der Waals surface area (Å²) in [6.45, 7) is 96.5. The van der Waals surface area contributed by atoms with Gasteiger partial charge in [-0.3, -0.25) is 0 Å². The molecule has 0 rings (SSSR count). The first-order valence-electron chi connectivity index (χ1n) is 46.5. The van der Waals surface area contributed by atoms with E-state index in [1.54, 1.807) is 76.2 Å². The lowest BCUT2D eigenvalue weighted by Crippen LogP contribution is -2.47. The number of alkyl halides is 21. The lowest BCUT2D eigenvalue weighted by atomic mass is 9.60. The molecule has 0 N–H and O–H groups in total. The maximum Gasteiger partial charge on any atom is 0.394 e. The van der Waals surface area contributed by atoms with E-state index in [-0.39, 0.29) is 98.7 Å². The molecule has 5 atom stereocenters. The van der Waals surface area contributed by atoms with Gasteiger partial charge in [0.05, 0.1) is 37.9 Å². The Balaban J connectivity index is -0.000000123. The molecule has 0 amide bonds. The molecule has 0 fully saturated rings. The van der Waals surface area contributed by atoms with Crippen LogP contribution >= 0.6 is 0 Å². The van der Waals surface area contributed by atoms with Gasteiger partial charge in [0.2, 0.25) is 0 Å². The smallest absolute Gasteiger partial charge is 0.171 e. The zero-order valence-electron chi connectivity index (χ0n) is 88.1. The molecule has 0 spiro atoms. The third kappa shape index (κ3) is 49.4. The molecule has 0 aromatic heterocycles. The van der Waals surface area contributed by atoms with Crippen molar-refractivity contribution in [3.8, 4) is 0 Å². The summed E-state index contributed by atoms with van der Waals surface area (Å²) in [7, 11) is 0. The van der Waals surface area contributed by atoms with Crippen LogP contribution in [0.15, 0.2) is 0 Å². The van der Waals surface area contributed by atoms with Crippen LogP contribution in [0.4, 0.5) is 92.2 Å². The summed E-state index contributed by atoms with van der Waals surface area (Å²) >= 11 is 0. The van der Waals surface area contributed by atoms with Crippen LogP contribution in [0.25, 0.3) is 0 Å². The Morgan fingerprint density at radius 1 is 0.207 bits per heavy atom. The highest BCUT2D eigenvalue weighted by Crippen LogP contribution is 2.58. The summed E-state index contributed by atoms with van der Waals surface area (Å²) < 4.78 is 265. The van der Waals surface area contributed by atoms with Crippen molar-refractivity contribution in [3.05, 3.63) is 0 Å². The molecule has 0 aromatic carbocycles. The van der Waals surface area contributed by atoms with E-state index >= 15 is 0 Å². The zero-order valence-corrected chi connectivity index (χ0v) is 88.1. The van der Waals surface area contributed by atoms with Crippen molar-refractivity contribution in [2.45, 2.75) is 518 Å². The Bertz CT molecular complexity index is 2390. The van der Waals surface area contributed by atoms with Crippen molar-refractivity contribution < 1.29 is 92.2 Å². The van der Waals surface area contributed by atoms with Crippen LogP contribution in [0.2, 0.25) is 0 Å². The minimum absolute atomic E-state index is 0.0478. The lowest BCUT2D eigenvalue weighted by molar-refractivity contribution is -0.259. The van der Waals surface area contributed by atoms with Gasteiger partial charge in [0.25, 0.3) is 0 Å². The second kappa shape index (κ2) is 58.3. The van der Waals surface area contributed by atoms with E-state index in [1.807, 2.05) is 83.1 Å². The molecule has 0 aliphatic carbocycles. The van der Waals surface area contributed by atoms with Gasteiger partial charge in [-0.2, -0.15) is 92.2 Å². The van der Waals surface area contributed by atoms with E-state index < -0.39 is 86.6 Å². The van der Waals surface area contributed by atoms with Crippen LogP contribution in [-0.4, -0.2) is 43.2 Å². The molecule has 121 heavy (non-hydrogen) atoms. The van der Waals surface area contributed by atoms with Crippen LogP contribution in [-0.2, 0) is 0 Å². The number of rotatable bonds is 27. The van der Waals surface area contributed by atoms with Gasteiger partial charge in [0.1, 0.15) is 0 Å². The first kappa shape index (κ1) is 143. The first-order chi connectivity index (χ1) is 53.0. The Hall–Kier alpha value is -1.47. The van der Waals surface area contributed by atoms with E-state index in [1.165, 1.54) is 93.9 Å². The van der Waals surface area contributed by atoms with Gasteiger partial charge in [-0.05, 0) is 162 Å². The number of halogens is 21. The van der Waals surface area contributed by atoms with E-state index in [9.17, 15) is 92.2 Å².